The van der Waals surface area contributed by atoms with Crippen LogP contribution in [-0.4, -0.2) is 72.3 Å². The fourth-order valence-electron chi connectivity index (χ4n) is 3.50. The van der Waals surface area contributed by atoms with E-state index in [1.165, 1.54) is 0 Å². The second kappa shape index (κ2) is 6.01. The zero-order valence-corrected chi connectivity index (χ0v) is 14.1. The van der Waals surface area contributed by atoms with Crippen molar-refractivity contribution in [3.63, 3.8) is 0 Å². The molecule has 3 rings (SSSR count). The summed E-state index contributed by atoms with van der Waals surface area (Å²) in [7, 11) is 4.00. The number of amides is 2. The molecular weight excluding hydrogens is 298 g/mol. The Morgan fingerprint density at radius 3 is 2.77 bits per heavy atom. The molecule has 1 spiro atoms. The van der Waals surface area contributed by atoms with Crippen LogP contribution in [0.1, 0.15) is 29.6 Å². The van der Waals surface area contributed by atoms with Gasteiger partial charge in [0.05, 0.1) is 5.56 Å². The molecule has 0 aromatic carbocycles. The van der Waals surface area contributed by atoms with Crippen LogP contribution in [0, 0.1) is 0 Å². The molecule has 0 radical (unpaired) electrons. The lowest BCUT2D eigenvalue weighted by Gasteiger charge is -2.49. The molecule has 5 nitrogen and oxygen atoms in total. The Hall–Kier alpha value is -1.40. The Morgan fingerprint density at radius 2 is 2.05 bits per heavy atom. The highest BCUT2D eigenvalue weighted by Gasteiger charge is 2.43. The third-order valence-electron chi connectivity index (χ3n) is 5.20. The molecule has 2 saturated heterocycles. The zero-order chi connectivity index (χ0) is 15.7. The first-order valence-corrected chi connectivity index (χ1v) is 8.73. The summed E-state index contributed by atoms with van der Waals surface area (Å²) in [6, 6.07) is 1.89. The lowest BCUT2D eigenvalue weighted by atomic mass is 9.86. The first-order chi connectivity index (χ1) is 10.5. The zero-order valence-electron chi connectivity index (χ0n) is 13.2. The van der Waals surface area contributed by atoms with Crippen molar-refractivity contribution in [3.05, 3.63) is 22.4 Å². The minimum Gasteiger partial charge on any atom is -0.346 e. The monoisotopic (exact) mass is 321 g/mol. The maximum atomic E-state index is 12.6. The summed E-state index contributed by atoms with van der Waals surface area (Å²) in [6.45, 7) is 3.12. The van der Waals surface area contributed by atoms with Crippen LogP contribution in [-0.2, 0) is 4.79 Å². The SMILES string of the molecule is CN1CC[C@]2(CCC1=O)CN(C(=O)c1ccsc1)CCN2C. The Kier molecular flexibility index (Phi) is 4.23. The van der Waals surface area contributed by atoms with Gasteiger partial charge in [0.25, 0.3) is 5.91 Å². The highest BCUT2D eigenvalue weighted by Crippen LogP contribution is 2.32. The molecule has 2 amide bonds. The molecule has 2 aliphatic rings. The Bertz CT molecular complexity index is 560. The maximum Gasteiger partial charge on any atom is 0.254 e. The van der Waals surface area contributed by atoms with E-state index in [0.717, 1.165) is 44.6 Å². The molecule has 6 heteroatoms. The van der Waals surface area contributed by atoms with Crippen molar-refractivity contribution in [2.45, 2.75) is 24.8 Å². The number of likely N-dealkylation sites (N-methyl/N-ethyl adjacent to an activating group) is 1. The summed E-state index contributed by atoms with van der Waals surface area (Å²) in [4.78, 5) is 30.8. The van der Waals surface area contributed by atoms with E-state index in [1.807, 2.05) is 33.7 Å². The Labute approximate surface area is 135 Å². The fourth-order valence-corrected chi connectivity index (χ4v) is 4.13. The average molecular weight is 321 g/mol. The molecule has 1 aromatic rings. The summed E-state index contributed by atoms with van der Waals surface area (Å²) >= 11 is 1.55. The van der Waals surface area contributed by atoms with Crippen LogP contribution in [0.4, 0.5) is 0 Å². The Balaban J connectivity index is 1.78. The summed E-state index contributed by atoms with van der Waals surface area (Å²) < 4.78 is 0. The molecule has 0 bridgehead atoms. The van der Waals surface area contributed by atoms with Gasteiger partial charge in [0, 0.05) is 50.6 Å². The number of carbonyl (C=O) groups excluding carboxylic acids is 2. The van der Waals surface area contributed by atoms with Crippen molar-refractivity contribution < 1.29 is 9.59 Å². The number of carbonyl (C=O) groups is 2. The first-order valence-electron chi connectivity index (χ1n) is 7.78. The largest absolute Gasteiger partial charge is 0.346 e. The number of rotatable bonds is 1. The molecule has 22 heavy (non-hydrogen) atoms. The van der Waals surface area contributed by atoms with Gasteiger partial charge >= 0.3 is 0 Å². The molecule has 0 saturated carbocycles. The normalized spacial score (nSPS) is 27.3. The van der Waals surface area contributed by atoms with Crippen LogP contribution in [0.5, 0.6) is 0 Å². The number of likely N-dealkylation sites (tertiary alicyclic amines) is 1. The standard InChI is InChI=1S/C16H23N3O2S/c1-17-7-6-16(5-3-14(17)20)12-19(9-8-18(16)2)15(21)13-4-10-22-11-13/h4,10-11H,3,5-9,12H2,1-2H3/t16-/m1/s1. The smallest absolute Gasteiger partial charge is 0.254 e. The number of hydrogen-bond donors (Lipinski definition) is 0. The van der Waals surface area contributed by atoms with Gasteiger partial charge in [0.15, 0.2) is 0 Å². The van der Waals surface area contributed by atoms with Gasteiger partial charge in [-0.1, -0.05) is 0 Å². The van der Waals surface area contributed by atoms with Crippen molar-refractivity contribution in [1.29, 1.82) is 0 Å². The van der Waals surface area contributed by atoms with E-state index >= 15 is 0 Å². The average Bonchev–Trinajstić information content (AvgIpc) is 3.01. The number of nitrogens with zero attached hydrogens (tertiary/aromatic N) is 3. The molecule has 0 unspecified atom stereocenters. The van der Waals surface area contributed by atoms with E-state index in [9.17, 15) is 9.59 Å². The van der Waals surface area contributed by atoms with E-state index in [4.69, 9.17) is 0 Å². The predicted molar refractivity (Wildman–Crippen MR) is 87.1 cm³/mol. The molecule has 2 fully saturated rings. The van der Waals surface area contributed by atoms with Crippen LogP contribution in [0.3, 0.4) is 0 Å². The van der Waals surface area contributed by atoms with Crippen LogP contribution in [0.2, 0.25) is 0 Å². The van der Waals surface area contributed by atoms with Crippen LogP contribution in [0.15, 0.2) is 16.8 Å². The van der Waals surface area contributed by atoms with Gasteiger partial charge in [-0.2, -0.15) is 11.3 Å². The van der Waals surface area contributed by atoms with Gasteiger partial charge in [-0.25, -0.2) is 0 Å². The van der Waals surface area contributed by atoms with Gasteiger partial charge in [0.2, 0.25) is 5.91 Å². The van der Waals surface area contributed by atoms with Crippen molar-refractivity contribution in [3.8, 4) is 0 Å². The summed E-state index contributed by atoms with van der Waals surface area (Å²) in [6.07, 6.45) is 2.33. The fraction of sp³-hybridized carbons (Fsp3) is 0.625. The minimum atomic E-state index is -0.0651. The molecule has 1 aromatic heterocycles. The van der Waals surface area contributed by atoms with Crippen molar-refractivity contribution in [1.82, 2.24) is 14.7 Å². The molecule has 120 valence electrons. The van der Waals surface area contributed by atoms with E-state index in [2.05, 4.69) is 11.9 Å². The molecular formula is C16H23N3O2S. The van der Waals surface area contributed by atoms with Crippen LogP contribution in [0.25, 0.3) is 0 Å². The lowest BCUT2D eigenvalue weighted by molar-refractivity contribution is -0.129. The van der Waals surface area contributed by atoms with Gasteiger partial charge in [-0.15, -0.1) is 0 Å². The second-order valence-electron chi connectivity index (χ2n) is 6.45. The third kappa shape index (κ3) is 2.77. The summed E-state index contributed by atoms with van der Waals surface area (Å²) in [5, 5.41) is 3.86. The number of hydrogen-bond acceptors (Lipinski definition) is 4. The molecule has 1 atom stereocenters. The van der Waals surface area contributed by atoms with Crippen LogP contribution < -0.4 is 0 Å². The quantitative estimate of drug-likeness (QED) is 0.788. The minimum absolute atomic E-state index is 0.0651. The number of piperazine rings is 1. The van der Waals surface area contributed by atoms with E-state index < -0.39 is 0 Å². The van der Waals surface area contributed by atoms with Gasteiger partial charge < -0.3 is 9.80 Å². The maximum absolute atomic E-state index is 12.6. The molecule has 3 heterocycles. The molecule has 0 aliphatic carbocycles. The lowest BCUT2D eigenvalue weighted by Crippen LogP contribution is -2.62. The van der Waals surface area contributed by atoms with Gasteiger partial charge in [-0.3, -0.25) is 14.5 Å². The van der Waals surface area contributed by atoms with Crippen molar-refractivity contribution in [2.24, 2.45) is 0 Å². The van der Waals surface area contributed by atoms with Crippen molar-refractivity contribution in [2.75, 3.05) is 40.3 Å². The van der Waals surface area contributed by atoms with Crippen molar-refractivity contribution >= 4 is 23.2 Å². The number of thiophene rings is 1. The summed E-state index contributed by atoms with van der Waals surface area (Å²) in [5.41, 5.74) is 0.719. The highest BCUT2D eigenvalue weighted by molar-refractivity contribution is 7.08. The van der Waals surface area contributed by atoms with E-state index in [1.54, 1.807) is 11.3 Å². The Morgan fingerprint density at radius 1 is 1.23 bits per heavy atom. The first kappa shape index (κ1) is 15.5. The highest BCUT2D eigenvalue weighted by atomic mass is 32.1. The summed E-state index contributed by atoms with van der Waals surface area (Å²) in [5.74, 6) is 0.337. The van der Waals surface area contributed by atoms with E-state index in [0.29, 0.717) is 6.42 Å². The van der Waals surface area contributed by atoms with Crippen LogP contribution >= 0.6 is 11.3 Å². The van der Waals surface area contributed by atoms with Gasteiger partial charge in [-0.05, 0) is 31.3 Å². The second-order valence-corrected chi connectivity index (χ2v) is 7.23. The predicted octanol–water partition coefficient (Wildman–Crippen LogP) is 1.52. The van der Waals surface area contributed by atoms with Gasteiger partial charge in [0.1, 0.15) is 0 Å². The topological polar surface area (TPSA) is 43.9 Å². The third-order valence-corrected chi connectivity index (χ3v) is 5.88. The van der Waals surface area contributed by atoms with E-state index in [-0.39, 0.29) is 17.4 Å². The molecule has 0 N–H and O–H groups in total. The molecule has 2 aliphatic heterocycles.